The Morgan fingerprint density at radius 2 is 1.51 bits per heavy atom. The van der Waals surface area contributed by atoms with E-state index in [0.717, 1.165) is 66.1 Å². The number of benzene rings is 4. The lowest BCUT2D eigenvalue weighted by Crippen LogP contribution is -2.35. The highest BCUT2D eigenvalue weighted by molar-refractivity contribution is 5.67. The van der Waals surface area contributed by atoms with Crippen LogP contribution in [0, 0.1) is 0 Å². The Bertz CT molecular complexity index is 2090. The van der Waals surface area contributed by atoms with Gasteiger partial charge in [0.1, 0.15) is 11.5 Å². The van der Waals surface area contributed by atoms with Gasteiger partial charge in [0.25, 0.3) is 0 Å². The van der Waals surface area contributed by atoms with E-state index in [1.165, 1.54) is 22.3 Å². The quantitative estimate of drug-likeness (QED) is 0.182. The molecule has 53 heavy (non-hydrogen) atoms. The Labute approximate surface area is 312 Å². The molecule has 1 N–H and O–H groups in total. The highest BCUT2D eigenvalue weighted by atomic mass is 16.5. The van der Waals surface area contributed by atoms with E-state index in [2.05, 4.69) is 94.9 Å². The first-order chi connectivity index (χ1) is 25.9. The van der Waals surface area contributed by atoms with Crippen molar-refractivity contribution in [3.8, 4) is 40.2 Å². The van der Waals surface area contributed by atoms with Crippen LogP contribution in [0.1, 0.15) is 56.6 Å². The number of methoxy groups -OCH3 is 3. The summed E-state index contributed by atoms with van der Waals surface area (Å²) in [5, 5.41) is 3.67. The average Bonchev–Trinajstić information content (AvgIpc) is 3.18. The summed E-state index contributed by atoms with van der Waals surface area (Å²) >= 11 is 0. The Morgan fingerprint density at radius 3 is 2.28 bits per heavy atom. The summed E-state index contributed by atoms with van der Waals surface area (Å²) in [7, 11) is 9.53. The highest BCUT2D eigenvalue weighted by Crippen LogP contribution is 2.53. The van der Waals surface area contributed by atoms with Crippen molar-refractivity contribution in [3.05, 3.63) is 130 Å². The van der Waals surface area contributed by atoms with E-state index in [9.17, 15) is 0 Å². The zero-order valence-electron chi connectivity index (χ0n) is 31.3. The number of likely N-dealkylation sites (N-methyl/N-ethyl adjacent to an activating group) is 2. The maximum atomic E-state index is 7.13. The van der Waals surface area contributed by atoms with E-state index in [-0.39, 0.29) is 12.1 Å². The molecule has 274 valence electrons. The van der Waals surface area contributed by atoms with Crippen molar-refractivity contribution < 1.29 is 23.7 Å². The van der Waals surface area contributed by atoms with Crippen LogP contribution in [0.15, 0.2) is 85.2 Å². The van der Waals surface area contributed by atoms with E-state index in [1.54, 1.807) is 27.5 Å². The Hall–Kier alpha value is -5.09. The number of aromatic nitrogens is 1. The van der Waals surface area contributed by atoms with E-state index in [4.69, 9.17) is 23.7 Å². The van der Waals surface area contributed by atoms with Crippen molar-refractivity contribution >= 4 is 0 Å². The molecule has 5 heterocycles. The molecule has 0 fully saturated rings. The van der Waals surface area contributed by atoms with Gasteiger partial charge in [-0.2, -0.15) is 0 Å². The molecule has 5 aromatic rings. The Balaban J connectivity index is 1.31. The summed E-state index contributed by atoms with van der Waals surface area (Å²) in [6.45, 7) is 3.15. The van der Waals surface area contributed by atoms with Gasteiger partial charge in [-0.05, 0) is 116 Å². The van der Waals surface area contributed by atoms with Crippen LogP contribution in [0.4, 0.5) is 0 Å². The summed E-state index contributed by atoms with van der Waals surface area (Å²) in [5.41, 5.74) is 9.58. The molecule has 9 heteroatoms. The normalized spacial score (nSPS) is 18.2. The fraction of sp³-hybridized carbons (Fsp3) is 0.341. The molecule has 9 rings (SSSR count). The molecule has 0 spiro atoms. The van der Waals surface area contributed by atoms with Crippen molar-refractivity contribution in [2.24, 2.45) is 0 Å². The second-order valence-electron chi connectivity index (χ2n) is 14.3. The lowest BCUT2D eigenvalue weighted by molar-refractivity contribution is 0.220. The number of nitrogens with zero attached hydrogens (tertiary/aromatic N) is 3. The maximum absolute atomic E-state index is 7.13. The van der Waals surface area contributed by atoms with Crippen LogP contribution >= 0.6 is 0 Å². The highest BCUT2D eigenvalue weighted by Gasteiger charge is 2.36. The third-order valence-electron chi connectivity index (χ3n) is 11.2. The SMILES string of the molecule is COc1ccc2cc1Oc1ccc(cc1)C[C@H]1c3cc(ccc3CCN1C)Oc1c(OC)c(OC)c(CNCc3cccnc3)c3c1[C@H](C2)N(C)CC3. The van der Waals surface area contributed by atoms with E-state index in [1.807, 2.05) is 18.3 Å². The summed E-state index contributed by atoms with van der Waals surface area (Å²) in [6.07, 6.45) is 7.11. The first-order valence-electron chi connectivity index (χ1n) is 18.5. The summed E-state index contributed by atoms with van der Waals surface area (Å²) in [4.78, 5) is 9.18. The molecule has 6 bridgehead atoms. The Morgan fingerprint density at radius 1 is 0.755 bits per heavy atom. The monoisotopic (exact) mass is 712 g/mol. The number of hydrogen-bond donors (Lipinski definition) is 1. The standard InChI is InChI=1S/C44H48N4O5/c1-47-19-16-31-11-14-33-24-35(31)37(47)21-28-8-12-32(13-9-28)52-40-23-29(10-15-39(40)49-3)22-38-41-34(17-20-48(38)2)36(27-46-26-30-7-6-18-45-25-30)42(50-4)44(51-5)43(41)53-33/h6-15,18,23-25,37-38,46H,16-17,19-22,26-27H2,1-5H3/t37-,38-/m0/s1. The van der Waals surface area contributed by atoms with E-state index >= 15 is 0 Å². The van der Waals surface area contributed by atoms with Gasteiger partial charge in [0, 0.05) is 61.8 Å². The molecular formula is C44H48N4O5. The van der Waals surface area contributed by atoms with Gasteiger partial charge in [-0.15, -0.1) is 0 Å². The molecular weight excluding hydrogens is 665 g/mol. The topological polar surface area (TPSA) is 77.5 Å². The molecule has 1 aromatic heterocycles. The van der Waals surface area contributed by atoms with Gasteiger partial charge in [-0.1, -0.05) is 30.3 Å². The van der Waals surface area contributed by atoms with Gasteiger partial charge in [0.2, 0.25) is 5.75 Å². The van der Waals surface area contributed by atoms with Crippen molar-refractivity contribution in [1.29, 1.82) is 0 Å². The molecule has 4 aliphatic rings. The smallest absolute Gasteiger partial charge is 0.204 e. The predicted molar refractivity (Wildman–Crippen MR) is 206 cm³/mol. The fourth-order valence-corrected chi connectivity index (χ4v) is 8.33. The van der Waals surface area contributed by atoms with Crippen LogP contribution in [-0.2, 0) is 38.8 Å². The van der Waals surface area contributed by atoms with Crippen LogP contribution in [0.3, 0.4) is 0 Å². The van der Waals surface area contributed by atoms with Crippen LogP contribution in [0.5, 0.6) is 40.2 Å². The molecule has 0 amide bonds. The van der Waals surface area contributed by atoms with Crippen molar-refractivity contribution in [2.75, 3.05) is 48.5 Å². The van der Waals surface area contributed by atoms with Crippen LogP contribution in [0.25, 0.3) is 0 Å². The lowest BCUT2D eigenvalue weighted by Gasteiger charge is -2.38. The van der Waals surface area contributed by atoms with Gasteiger partial charge in [-0.3, -0.25) is 14.8 Å². The van der Waals surface area contributed by atoms with Gasteiger partial charge < -0.3 is 29.0 Å². The molecule has 0 unspecified atom stereocenters. The maximum Gasteiger partial charge on any atom is 0.204 e. The third-order valence-corrected chi connectivity index (χ3v) is 11.2. The van der Waals surface area contributed by atoms with Crippen molar-refractivity contribution in [1.82, 2.24) is 20.1 Å². The van der Waals surface area contributed by atoms with E-state index < -0.39 is 0 Å². The largest absolute Gasteiger partial charge is 0.493 e. The number of hydrogen-bond acceptors (Lipinski definition) is 9. The predicted octanol–water partition coefficient (Wildman–Crippen LogP) is 7.84. The molecule has 4 aromatic carbocycles. The first kappa shape index (κ1) is 35.0. The molecule has 0 radical (unpaired) electrons. The number of ether oxygens (including phenoxy) is 5. The van der Waals surface area contributed by atoms with Gasteiger partial charge in [0.15, 0.2) is 23.0 Å². The third kappa shape index (κ3) is 6.92. The van der Waals surface area contributed by atoms with Crippen LogP contribution < -0.4 is 29.0 Å². The zero-order chi connectivity index (χ0) is 36.5. The molecule has 4 aliphatic heterocycles. The van der Waals surface area contributed by atoms with Gasteiger partial charge >= 0.3 is 0 Å². The summed E-state index contributed by atoms with van der Waals surface area (Å²) < 4.78 is 31.9. The number of rotatable bonds is 7. The average molecular weight is 713 g/mol. The lowest BCUT2D eigenvalue weighted by atomic mass is 9.84. The fourth-order valence-electron chi connectivity index (χ4n) is 8.33. The molecule has 9 nitrogen and oxygen atoms in total. The minimum Gasteiger partial charge on any atom is -0.493 e. The van der Waals surface area contributed by atoms with E-state index in [0.29, 0.717) is 48.3 Å². The molecule has 0 saturated carbocycles. The minimum atomic E-state index is -0.0263. The molecule has 0 aliphatic carbocycles. The second-order valence-corrected chi connectivity index (χ2v) is 14.3. The number of nitrogens with one attached hydrogen (secondary N) is 1. The zero-order valence-corrected chi connectivity index (χ0v) is 31.3. The Kier molecular flexibility index (Phi) is 9.96. The molecule has 0 saturated heterocycles. The number of fused-ring (bicyclic) bond motifs is 2. The van der Waals surface area contributed by atoms with Crippen LogP contribution in [0.2, 0.25) is 0 Å². The van der Waals surface area contributed by atoms with Gasteiger partial charge in [0.05, 0.1) is 21.3 Å². The second kappa shape index (κ2) is 15.1. The van der Waals surface area contributed by atoms with Gasteiger partial charge in [-0.25, -0.2) is 0 Å². The first-order valence-corrected chi connectivity index (χ1v) is 18.5. The summed E-state index contributed by atoms with van der Waals surface area (Å²) in [6, 6.07) is 25.5. The molecule has 2 atom stereocenters. The minimum absolute atomic E-state index is 0.0263. The van der Waals surface area contributed by atoms with Crippen molar-refractivity contribution in [2.45, 2.75) is 50.9 Å². The van der Waals surface area contributed by atoms with Crippen molar-refractivity contribution in [3.63, 3.8) is 0 Å². The number of pyridine rings is 1. The summed E-state index contributed by atoms with van der Waals surface area (Å²) in [5.74, 6) is 4.95. The van der Waals surface area contributed by atoms with Crippen LogP contribution in [-0.4, -0.2) is 63.3 Å².